The lowest BCUT2D eigenvalue weighted by molar-refractivity contribution is -0.115. The zero-order chi connectivity index (χ0) is 12.3. The summed E-state index contributed by atoms with van der Waals surface area (Å²) in [5, 5.41) is 2.84. The van der Waals surface area contributed by atoms with Crippen LogP contribution in [0.1, 0.15) is 19.2 Å². The molecule has 0 aliphatic carbocycles. The maximum absolute atomic E-state index is 11.3. The van der Waals surface area contributed by atoms with Gasteiger partial charge >= 0.3 is 0 Å². The van der Waals surface area contributed by atoms with Gasteiger partial charge in [-0.3, -0.25) is 4.79 Å². The van der Waals surface area contributed by atoms with Crippen LogP contribution in [0.2, 0.25) is 0 Å². The van der Waals surface area contributed by atoms with E-state index >= 15 is 0 Å². The Kier molecular flexibility index (Phi) is 3.23. The van der Waals surface area contributed by atoms with Crippen molar-refractivity contribution in [1.29, 1.82) is 0 Å². The summed E-state index contributed by atoms with van der Waals surface area (Å²) in [5.41, 5.74) is 2.77. The summed E-state index contributed by atoms with van der Waals surface area (Å²) in [5.74, 6) is 0.894. The van der Waals surface area contributed by atoms with Crippen LogP contribution in [-0.2, 0) is 4.79 Å². The minimum Gasteiger partial charge on any atom is -0.342 e. The van der Waals surface area contributed by atoms with Crippen LogP contribution in [0.4, 0.5) is 5.69 Å². The van der Waals surface area contributed by atoms with Gasteiger partial charge in [0.05, 0.1) is 11.9 Å². The Morgan fingerprint density at radius 2 is 2.29 bits per heavy atom. The third-order valence-electron chi connectivity index (χ3n) is 2.48. The molecule has 17 heavy (non-hydrogen) atoms. The lowest BCUT2D eigenvalue weighted by atomic mass is 10.1. The van der Waals surface area contributed by atoms with Crippen molar-refractivity contribution in [2.45, 2.75) is 20.3 Å². The molecule has 4 nitrogen and oxygen atoms in total. The first-order chi connectivity index (χ1) is 8.19. The van der Waals surface area contributed by atoms with Gasteiger partial charge in [0.1, 0.15) is 5.82 Å². The normalized spacial score (nSPS) is 10.2. The van der Waals surface area contributed by atoms with Gasteiger partial charge in [-0.05, 0) is 19.1 Å². The van der Waals surface area contributed by atoms with E-state index in [1.807, 2.05) is 38.1 Å². The molecule has 0 saturated carbocycles. The molecule has 0 spiro atoms. The quantitative estimate of drug-likeness (QED) is 0.850. The fourth-order valence-corrected chi connectivity index (χ4v) is 1.58. The van der Waals surface area contributed by atoms with Crippen LogP contribution >= 0.6 is 0 Å². The Balaban J connectivity index is 2.25. The predicted octanol–water partition coefficient (Wildman–Crippen LogP) is 2.73. The molecule has 0 aliphatic rings. The van der Waals surface area contributed by atoms with Gasteiger partial charge in [-0.2, -0.15) is 0 Å². The first kappa shape index (κ1) is 11.4. The van der Waals surface area contributed by atoms with Crippen LogP contribution in [0, 0.1) is 6.92 Å². The number of amides is 1. The molecular weight excluding hydrogens is 214 g/mol. The molecule has 2 rings (SSSR count). The first-order valence-electron chi connectivity index (χ1n) is 5.61. The maximum atomic E-state index is 11.3. The molecule has 2 aromatic rings. The van der Waals surface area contributed by atoms with Crippen LogP contribution in [0.15, 0.2) is 30.5 Å². The number of nitrogens with zero attached hydrogens (tertiary/aromatic N) is 1. The predicted molar refractivity (Wildman–Crippen MR) is 67.7 cm³/mol. The molecule has 1 aromatic carbocycles. The van der Waals surface area contributed by atoms with E-state index < -0.39 is 0 Å². The molecule has 0 atom stereocenters. The minimum absolute atomic E-state index is 0.0166. The number of hydrogen-bond acceptors (Lipinski definition) is 2. The van der Waals surface area contributed by atoms with E-state index in [2.05, 4.69) is 15.3 Å². The summed E-state index contributed by atoms with van der Waals surface area (Å²) >= 11 is 0. The van der Waals surface area contributed by atoms with E-state index in [1.165, 1.54) is 0 Å². The molecule has 0 saturated heterocycles. The highest BCUT2D eigenvalue weighted by Gasteiger charge is 2.03. The number of hydrogen-bond donors (Lipinski definition) is 2. The molecule has 0 fully saturated rings. The molecule has 1 amide bonds. The number of H-pyrrole nitrogens is 1. The van der Waals surface area contributed by atoms with Crippen molar-refractivity contribution in [3.8, 4) is 11.3 Å². The third-order valence-corrected chi connectivity index (χ3v) is 2.48. The monoisotopic (exact) mass is 229 g/mol. The van der Waals surface area contributed by atoms with Gasteiger partial charge < -0.3 is 10.3 Å². The number of carbonyl (C=O) groups is 1. The fraction of sp³-hybridized carbons (Fsp3) is 0.231. The van der Waals surface area contributed by atoms with Crippen molar-refractivity contribution < 1.29 is 4.79 Å². The molecule has 88 valence electrons. The summed E-state index contributed by atoms with van der Waals surface area (Å²) in [6, 6.07) is 7.70. The Hall–Kier alpha value is -2.10. The number of imidazole rings is 1. The van der Waals surface area contributed by atoms with Crippen molar-refractivity contribution >= 4 is 11.6 Å². The van der Waals surface area contributed by atoms with Crippen LogP contribution in [0.25, 0.3) is 11.3 Å². The zero-order valence-electron chi connectivity index (χ0n) is 9.95. The smallest absolute Gasteiger partial charge is 0.224 e. The van der Waals surface area contributed by atoms with Crippen molar-refractivity contribution in [3.05, 3.63) is 36.3 Å². The summed E-state index contributed by atoms with van der Waals surface area (Å²) in [4.78, 5) is 18.6. The molecule has 2 N–H and O–H groups in total. The lowest BCUT2D eigenvalue weighted by Gasteiger charge is -2.05. The van der Waals surface area contributed by atoms with Crippen LogP contribution in [-0.4, -0.2) is 15.9 Å². The van der Waals surface area contributed by atoms with Crippen molar-refractivity contribution in [3.63, 3.8) is 0 Å². The Morgan fingerprint density at radius 1 is 1.47 bits per heavy atom. The molecule has 0 unspecified atom stereocenters. The second-order valence-corrected chi connectivity index (χ2v) is 3.86. The average molecular weight is 229 g/mol. The summed E-state index contributed by atoms with van der Waals surface area (Å²) in [6.07, 6.45) is 2.27. The summed E-state index contributed by atoms with van der Waals surface area (Å²) < 4.78 is 0. The SMILES string of the molecule is CCC(=O)Nc1cccc(-c2cnc(C)[nH]2)c1. The van der Waals surface area contributed by atoms with Crippen molar-refractivity contribution in [1.82, 2.24) is 9.97 Å². The number of aromatic amines is 1. The molecule has 0 bridgehead atoms. The van der Waals surface area contributed by atoms with E-state index in [9.17, 15) is 4.79 Å². The van der Waals surface area contributed by atoms with E-state index in [-0.39, 0.29) is 5.91 Å². The summed E-state index contributed by atoms with van der Waals surface area (Å²) in [6.45, 7) is 3.74. The van der Waals surface area contributed by atoms with Crippen molar-refractivity contribution in [2.24, 2.45) is 0 Å². The van der Waals surface area contributed by atoms with Gasteiger partial charge in [-0.15, -0.1) is 0 Å². The second-order valence-electron chi connectivity index (χ2n) is 3.86. The van der Waals surface area contributed by atoms with E-state index in [0.717, 1.165) is 22.8 Å². The molecule has 4 heteroatoms. The van der Waals surface area contributed by atoms with E-state index in [0.29, 0.717) is 6.42 Å². The van der Waals surface area contributed by atoms with Gasteiger partial charge in [-0.1, -0.05) is 19.1 Å². The minimum atomic E-state index is 0.0166. The number of nitrogens with one attached hydrogen (secondary N) is 2. The molecule has 1 heterocycles. The zero-order valence-corrected chi connectivity index (χ0v) is 9.95. The van der Waals surface area contributed by atoms with Gasteiger partial charge in [-0.25, -0.2) is 4.98 Å². The van der Waals surface area contributed by atoms with Gasteiger partial charge in [0.2, 0.25) is 5.91 Å². The molecule has 1 aromatic heterocycles. The topological polar surface area (TPSA) is 57.8 Å². The Labute approximate surface area is 100 Å². The maximum Gasteiger partial charge on any atom is 0.224 e. The van der Waals surface area contributed by atoms with E-state index in [1.54, 1.807) is 6.20 Å². The highest BCUT2D eigenvalue weighted by molar-refractivity contribution is 5.91. The van der Waals surface area contributed by atoms with Crippen molar-refractivity contribution in [2.75, 3.05) is 5.32 Å². The van der Waals surface area contributed by atoms with Crippen LogP contribution in [0.3, 0.4) is 0 Å². The molecule has 0 radical (unpaired) electrons. The third kappa shape index (κ3) is 2.72. The first-order valence-corrected chi connectivity index (χ1v) is 5.61. The Bertz CT molecular complexity index is 531. The Morgan fingerprint density at radius 3 is 2.94 bits per heavy atom. The molecular formula is C13H15N3O. The van der Waals surface area contributed by atoms with Crippen LogP contribution < -0.4 is 5.32 Å². The standard InChI is InChI=1S/C13H15N3O/c1-3-13(17)16-11-6-4-5-10(7-11)12-8-14-9(2)15-12/h4-8H,3H2,1-2H3,(H,14,15)(H,16,17). The summed E-state index contributed by atoms with van der Waals surface area (Å²) in [7, 11) is 0. The lowest BCUT2D eigenvalue weighted by Crippen LogP contribution is -2.09. The van der Waals surface area contributed by atoms with Gasteiger partial charge in [0.15, 0.2) is 0 Å². The fourth-order valence-electron chi connectivity index (χ4n) is 1.58. The number of aryl methyl sites for hydroxylation is 1. The number of aromatic nitrogens is 2. The number of benzene rings is 1. The van der Waals surface area contributed by atoms with Gasteiger partial charge in [0.25, 0.3) is 0 Å². The largest absolute Gasteiger partial charge is 0.342 e. The average Bonchev–Trinajstić information content (AvgIpc) is 2.76. The highest BCUT2D eigenvalue weighted by Crippen LogP contribution is 2.20. The number of carbonyl (C=O) groups excluding carboxylic acids is 1. The highest BCUT2D eigenvalue weighted by atomic mass is 16.1. The molecule has 0 aliphatic heterocycles. The van der Waals surface area contributed by atoms with E-state index in [4.69, 9.17) is 0 Å². The van der Waals surface area contributed by atoms with Gasteiger partial charge in [0, 0.05) is 17.7 Å². The number of anilines is 1. The number of rotatable bonds is 3. The van der Waals surface area contributed by atoms with Crippen LogP contribution in [0.5, 0.6) is 0 Å². The second kappa shape index (κ2) is 4.82.